The number of hydrogen-bond donors (Lipinski definition) is 0. The molecule has 0 N–H and O–H groups in total. The summed E-state index contributed by atoms with van der Waals surface area (Å²) in [6.45, 7) is 2.35. The van der Waals surface area contributed by atoms with Crippen molar-refractivity contribution in [3.63, 3.8) is 0 Å². The molecule has 0 saturated carbocycles. The largest absolute Gasteiger partial charge is 0.456 e. The van der Waals surface area contributed by atoms with Crippen LogP contribution in [0.15, 0.2) is 191 Å². The van der Waals surface area contributed by atoms with Gasteiger partial charge in [-0.2, -0.15) is 0 Å². The van der Waals surface area contributed by atoms with E-state index in [0.29, 0.717) is 0 Å². The standard InChI is InChI=1S/C50H33NO2/c1-50(43-18-8-5-14-37(43)38-15-6-9-19-44(38)50)34-24-28-40-41-17-11-20-45(49(41)53-48(40)30-34)51(35-25-22-33(23-26-35)32-12-3-2-4-13-32)36-27-29-47-42(31-36)39-16-7-10-21-46(39)52-47/h2-31H,1H3. The summed E-state index contributed by atoms with van der Waals surface area (Å²) < 4.78 is 13.2. The molecule has 8 aromatic carbocycles. The predicted octanol–water partition coefficient (Wildman–Crippen LogP) is 14.0. The van der Waals surface area contributed by atoms with Crippen LogP contribution in [-0.4, -0.2) is 0 Å². The highest BCUT2D eigenvalue weighted by molar-refractivity contribution is 6.11. The van der Waals surface area contributed by atoms with Crippen LogP contribution in [0.2, 0.25) is 0 Å². The summed E-state index contributed by atoms with van der Waals surface area (Å²) in [6.07, 6.45) is 0. The van der Waals surface area contributed by atoms with Crippen molar-refractivity contribution < 1.29 is 8.83 Å². The molecule has 0 bridgehead atoms. The molecule has 10 aromatic rings. The van der Waals surface area contributed by atoms with Gasteiger partial charge in [-0.05, 0) is 94.4 Å². The second kappa shape index (κ2) is 11.3. The van der Waals surface area contributed by atoms with E-state index in [4.69, 9.17) is 8.83 Å². The molecular weight excluding hydrogens is 647 g/mol. The molecule has 0 radical (unpaired) electrons. The van der Waals surface area contributed by atoms with E-state index in [1.807, 2.05) is 12.1 Å². The summed E-state index contributed by atoms with van der Waals surface area (Å²) in [5.74, 6) is 0. The minimum Gasteiger partial charge on any atom is -0.456 e. The van der Waals surface area contributed by atoms with Gasteiger partial charge < -0.3 is 13.7 Å². The number of hydrogen-bond acceptors (Lipinski definition) is 3. The number of nitrogens with zero attached hydrogens (tertiary/aromatic N) is 1. The Labute approximate surface area is 307 Å². The van der Waals surface area contributed by atoms with Crippen molar-refractivity contribution in [2.24, 2.45) is 0 Å². The lowest BCUT2D eigenvalue weighted by atomic mass is 9.74. The van der Waals surface area contributed by atoms with E-state index >= 15 is 0 Å². The summed E-state index contributed by atoms with van der Waals surface area (Å²) in [7, 11) is 0. The van der Waals surface area contributed by atoms with Crippen molar-refractivity contribution in [1.29, 1.82) is 0 Å². The molecule has 1 aliphatic carbocycles. The number of fused-ring (bicyclic) bond motifs is 9. The first-order valence-corrected chi connectivity index (χ1v) is 18.2. The average molecular weight is 680 g/mol. The predicted molar refractivity (Wildman–Crippen MR) is 219 cm³/mol. The number of benzene rings is 8. The van der Waals surface area contributed by atoms with Crippen LogP contribution in [-0.2, 0) is 5.41 Å². The first-order chi connectivity index (χ1) is 26.1. The van der Waals surface area contributed by atoms with Crippen LogP contribution in [0.25, 0.3) is 66.1 Å². The zero-order valence-corrected chi connectivity index (χ0v) is 29.1. The van der Waals surface area contributed by atoms with Gasteiger partial charge in [-0.25, -0.2) is 0 Å². The smallest absolute Gasteiger partial charge is 0.159 e. The maximum Gasteiger partial charge on any atom is 0.159 e. The molecule has 250 valence electrons. The minimum absolute atomic E-state index is 0.307. The molecule has 0 atom stereocenters. The first kappa shape index (κ1) is 29.8. The fourth-order valence-corrected chi connectivity index (χ4v) is 8.75. The van der Waals surface area contributed by atoms with E-state index in [1.54, 1.807) is 0 Å². The third-order valence-corrected chi connectivity index (χ3v) is 11.4. The highest BCUT2D eigenvalue weighted by Crippen LogP contribution is 2.53. The van der Waals surface area contributed by atoms with Crippen LogP contribution >= 0.6 is 0 Å². The van der Waals surface area contributed by atoms with E-state index in [1.165, 1.54) is 38.9 Å². The molecular formula is C50H33NO2. The van der Waals surface area contributed by atoms with Gasteiger partial charge in [-0.15, -0.1) is 0 Å². The molecule has 0 amide bonds. The molecule has 3 heteroatoms. The fourth-order valence-electron chi connectivity index (χ4n) is 8.75. The summed E-state index contributed by atoms with van der Waals surface area (Å²) >= 11 is 0. The number of furan rings is 2. The van der Waals surface area contributed by atoms with Crippen molar-refractivity contribution >= 4 is 60.9 Å². The van der Waals surface area contributed by atoms with Gasteiger partial charge >= 0.3 is 0 Å². The van der Waals surface area contributed by atoms with Crippen molar-refractivity contribution in [3.05, 3.63) is 199 Å². The molecule has 0 unspecified atom stereocenters. The molecule has 1 aliphatic rings. The molecule has 0 spiro atoms. The Hall–Kier alpha value is -6.84. The molecule has 53 heavy (non-hydrogen) atoms. The van der Waals surface area contributed by atoms with E-state index in [2.05, 4.69) is 182 Å². The monoisotopic (exact) mass is 679 g/mol. The minimum atomic E-state index is -0.307. The average Bonchev–Trinajstić information content (AvgIpc) is 3.87. The van der Waals surface area contributed by atoms with Crippen LogP contribution < -0.4 is 4.90 Å². The van der Waals surface area contributed by atoms with Crippen molar-refractivity contribution in [2.75, 3.05) is 4.90 Å². The van der Waals surface area contributed by atoms with Crippen molar-refractivity contribution in [3.8, 4) is 22.3 Å². The van der Waals surface area contributed by atoms with Gasteiger partial charge in [-0.1, -0.05) is 133 Å². The summed E-state index contributed by atoms with van der Waals surface area (Å²) in [4.78, 5) is 2.31. The van der Waals surface area contributed by atoms with Gasteiger partial charge in [0.2, 0.25) is 0 Å². The lowest BCUT2D eigenvalue weighted by Crippen LogP contribution is -2.22. The number of para-hydroxylation sites is 2. The molecule has 3 nitrogen and oxygen atoms in total. The third-order valence-electron chi connectivity index (χ3n) is 11.4. The zero-order chi connectivity index (χ0) is 35.1. The normalized spacial score (nSPS) is 13.2. The maximum absolute atomic E-state index is 7.00. The van der Waals surface area contributed by atoms with Crippen LogP contribution in [0.4, 0.5) is 17.1 Å². The van der Waals surface area contributed by atoms with Crippen LogP contribution in [0.5, 0.6) is 0 Å². The van der Waals surface area contributed by atoms with Crippen LogP contribution in [0, 0.1) is 0 Å². The molecule has 0 fully saturated rings. The Morgan fingerprint density at radius 1 is 0.415 bits per heavy atom. The number of rotatable bonds is 5. The summed E-state index contributed by atoms with van der Waals surface area (Å²) in [5, 5.41) is 4.36. The van der Waals surface area contributed by atoms with E-state index in [-0.39, 0.29) is 5.41 Å². The number of anilines is 3. The lowest BCUT2D eigenvalue weighted by molar-refractivity contribution is 0.662. The highest BCUT2D eigenvalue weighted by Gasteiger charge is 2.40. The van der Waals surface area contributed by atoms with Gasteiger partial charge in [0.15, 0.2) is 5.58 Å². The van der Waals surface area contributed by atoms with E-state index in [0.717, 1.165) is 60.9 Å². The van der Waals surface area contributed by atoms with Gasteiger partial charge in [0.05, 0.1) is 5.69 Å². The van der Waals surface area contributed by atoms with Gasteiger partial charge in [0, 0.05) is 38.3 Å². The molecule has 0 saturated heterocycles. The van der Waals surface area contributed by atoms with E-state index < -0.39 is 0 Å². The molecule has 2 aromatic heterocycles. The second-order valence-corrected chi connectivity index (χ2v) is 14.2. The Kier molecular flexibility index (Phi) is 6.38. The molecule has 2 heterocycles. The SMILES string of the molecule is CC1(c2ccc3c(c2)oc2c(N(c4ccc(-c5ccccc5)cc4)c4ccc5oc6ccccc6c5c4)cccc23)c2ccccc2-c2ccccc21. The van der Waals surface area contributed by atoms with Crippen molar-refractivity contribution in [1.82, 2.24) is 0 Å². The van der Waals surface area contributed by atoms with Crippen LogP contribution in [0.3, 0.4) is 0 Å². The highest BCUT2D eigenvalue weighted by atomic mass is 16.3. The Balaban J connectivity index is 1.11. The lowest BCUT2D eigenvalue weighted by Gasteiger charge is -2.28. The van der Waals surface area contributed by atoms with Crippen LogP contribution in [0.1, 0.15) is 23.6 Å². The summed E-state index contributed by atoms with van der Waals surface area (Å²) in [5.41, 5.74) is 15.0. The Morgan fingerprint density at radius 3 is 1.83 bits per heavy atom. The first-order valence-electron chi connectivity index (χ1n) is 18.2. The summed E-state index contributed by atoms with van der Waals surface area (Å²) in [6, 6.07) is 64.9. The van der Waals surface area contributed by atoms with E-state index in [9.17, 15) is 0 Å². The topological polar surface area (TPSA) is 29.5 Å². The van der Waals surface area contributed by atoms with Crippen molar-refractivity contribution in [2.45, 2.75) is 12.3 Å². The van der Waals surface area contributed by atoms with Gasteiger partial charge in [-0.3, -0.25) is 0 Å². The quantitative estimate of drug-likeness (QED) is 0.181. The Morgan fingerprint density at radius 2 is 1.04 bits per heavy atom. The maximum atomic E-state index is 7.00. The van der Waals surface area contributed by atoms with Gasteiger partial charge in [0.1, 0.15) is 16.7 Å². The Bertz CT molecular complexity index is 2980. The third kappa shape index (κ3) is 4.41. The van der Waals surface area contributed by atoms with Gasteiger partial charge in [0.25, 0.3) is 0 Å². The molecule has 11 rings (SSSR count). The zero-order valence-electron chi connectivity index (χ0n) is 29.1. The molecule has 0 aliphatic heterocycles. The second-order valence-electron chi connectivity index (χ2n) is 14.2. The fraction of sp³-hybridized carbons (Fsp3) is 0.0400.